The Morgan fingerprint density at radius 1 is 0.778 bits per heavy atom. The summed E-state index contributed by atoms with van der Waals surface area (Å²) in [6.07, 6.45) is 8.03. The van der Waals surface area contributed by atoms with E-state index in [2.05, 4.69) is 49.1 Å². The van der Waals surface area contributed by atoms with Crippen LogP contribution in [0.1, 0.15) is 57.9 Å². The van der Waals surface area contributed by atoms with Crippen molar-refractivity contribution >= 4 is 5.69 Å². The van der Waals surface area contributed by atoms with Gasteiger partial charge in [-0.25, -0.2) is 0 Å². The van der Waals surface area contributed by atoms with Gasteiger partial charge in [-0.05, 0) is 31.5 Å². The Morgan fingerprint density at radius 3 is 1.67 bits per heavy atom. The molecule has 0 aromatic heterocycles. The summed E-state index contributed by atoms with van der Waals surface area (Å²) in [5.41, 5.74) is 1.59. The average Bonchev–Trinajstić information content (AvgIpc) is 2.70. The minimum absolute atomic E-state index is 0.137. The highest BCUT2D eigenvalue weighted by Gasteiger charge is 2.05. The van der Waals surface area contributed by atoms with Gasteiger partial charge in [0.05, 0.1) is 4.92 Å². The molecule has 0 radical (unpaired) electrons. The van der Waals surface area contributed by atoms with Crippen molar-refractivity contribution in [1.29, 1.82) is 0 Å². The lowest BCUT2D eigenvalue weighted by Gasteiger charge is -2.22. The molecule has 0 saturated heterocycles. The maximum Gasteiger partial charge on any atom is 0.269 e. The van der Waals surface area contributed by atoms with Crippen LogP contribution < -0.4 is 0 Å². The van der Waals surface area contributed by atoms with Crippen molar-refractivity contribution in [3.8, 4) is 0 Å². The second-order valence-electron chi connectivity index (χ2n) is 6.77. The van der Waals surface area contributed by atoms with E-state index in [-0.39, 0.29) is 5.69 Å². The van der Waals surface area contributed by atoms with Crippen molar-refractivity contribution in [1.82, 2.24) is 4.90 Å². The van der Waals surface area contributed by atoms with Crippen LogP contribution in [0.15, 0.2) is 60.7 Å². The van der Waals surface area contributed by atoms with Gasteiger partial charge in [0.2, 0.25) is 0 Å². The van der Waals surface area contributed by atoms with Crippen LogP contribution in [-0.4, -0.2) is 22.9 Å². The van der Waals surface area contributed by atoms with Crippen LogP contribution in [0.4, 0.5) is 5.69 Å². The predicted octanol–water partition coefficient (Wildman–Crippen LogP) is 6.46. The number of benzene rings is 2. The van der Waals surface area contributed by atoms with Crippen LogP contribution in [0, 0.1) is 10.1 Å². The fourth-order valence-corrected chi connectivity index (χ4v) is 2.83. The van der Waals surface area contributed by atoms with Crippen LogP contribution in [-0.2, 0) is 6.54 Å². The molecule has 0 unspecified atom stereocenters. The second-order valence-corrected chi connectivity index (χ2v) is 6.77. The SMILES string of the molecule is CCCCCN(CCCCC)Cc1ccccc1.O=[N+]([O-])c1ccccc1. The standard InChI is InChI=1S/C17H29N.C6H5NO2/c1-3-5-10-14-18(15-11-6-4-2)16-17-12-8-7-9-13-17;8-7(9)6-4-2-1-3-5-6/h7-9,12-13H,3-6,10-11,14-16H2,1-2H3;1-5H. The first-order valence-corrected chi connectivity index (χ1v) is 10.1. The van der Waals surface area contributed by atoms with Gasteiger partial charge in [-0.2, -0.15) is 0 Å². The molecule has 2 rings (SSSR count). The molecule has 148 valence electrons. The van der Waals surface area contributed by atoms with Gasteiger partial charge in [-0.1, -0.05) is 88.1 Å². The zero-order valence-electron chi connectivity index (χ0n) is 16.8. The van der Waals surface area contributed by atoms with E-state index in [4.69, 9.17) is 0 Å². The van der Waals surface area contributed by atoms with Crippen LogP contribution >= 0.6 is 0 Å². The van der Waals surface area contributed by atoms with E-state index in [1.165, 1.54) is 69.3 Å². The number of hydrogen-bond acceptors (Lipinski definition) is 3. The van der Waals surface area contributed by atoms with Crippen LogP contribution in [0.25, 0.3) is 0 Å². The topological polar surface area (TPSA) is 46.4 Å². The van der Waals surface area contributed by atoms with Gasteiger partial charge in [0, 0.05) is 18.7 Å². The zero-order chi connectivity index (χ0) is 19.7. The van der Waals surface area contributed by atoms with E-state index in [1.807, 2.05) is 0 Å². The maximum atomic E-state index is 10.0. The molecule has 0 fully saturated rings. The fourth-order valence-electron chi connectivity index (χ4n) is 2.83. The molecule has 2 aromatic rings. The average molecular weight is 371 g/mol. The molecule has 0 N–H and O–H groups in total. The number of rotatable bonds is 11. The monoisotopic (exact) mass is 370 g/mol. The van der Waals surface area contributed by atoms with Gasteiger partial charge in [0.1, 0.15) is 0 Å². The van der Waals surface area contributed by atoms with E-state index in [1.54, 1.807) is 18.2 Å². The fraction of sp³-hybridized carbons (Fsp3) is 0.478. The van der Waals surface area contributed by atoms with Gasteiger partial charge in [0.15, 0.2) is 0 Å². The summed E-state index contributed by atoms with van der Waals surface area (Å²) < 4.78 is 0. The third kappa shape index (κ3) is 11.2. The number of hydrogen-bond donors (Lipinski definition) is 0. The first kappa shape index (κ1) is 22.8. The van der Waals surface area contributed by atoms with Gasteiger partial charge in [-0.15, -0.1) is 0 Å². The Morgan fingerprint density at radius 2 is 1.26 bits per heavy atom. The van der Waals surface area contributed by atoms with E-state index in [0.29, 0.717) is 0 Å². The molecule has 0 aliphatic heterocycles. The van der Waals surface area contributed by atoms with E-state index in [9.17, 15) is 10.1 Å². The van der Waals surface area contributed by atoms with Crippen molar-refractivity contribution in [2.24, 2.45) is 0 Å². The minimum Gasteiger partial charge on any atom is -0.299 e. The van der Waals surface area contributed by atoms with Crippen molar-refractivity contribution in [3.05, 3.63) is 76.3 Å². The van der Waals surface area contributed by atoms with E-state index < -0.39 is 4.92 Å². The Bertz CT molecular complexity index is 592. The number of non-ortho nitro benzene ring substituents is 1. The van der Waals surface area contributed by atoms with Gasteiger partial charge >= 0.3 is 0 Å². The summed E-state index contributed by atoms with van der Waals surface area (Å²) >= 11 is 0. The molecular weight excluding hydrogens is 336 g/mol. The molecule has 0 heterocycles. The van der Waals surface area contributed by atoms with Crippen molar-refractivity contribution < 1.29 is 4.92 Å². The van der Waals surface area contributed by atoms with Crippen molar-refractivity contribution in [2.45, 2.75) is 58.9 Å². The Kier molecular flexibility index (Phi) is 12.6. The van der Waals surface area contributed by atoms with Crippen molar-refractivity contribution in [3.63, 3.8) is 0 Å². The highest BCUT2D eigenvalue weighted by molar-refractivity contribution is 5.28. The molecule has 0 spiro atoms. The van der Waals surface area contributed by atoms with E-state index in [0.717, 1.165) is 6.54 Å². The minimum atomic E-state index is -0.417. The Hall–Kier alpha value is -2.20. The lowest BCUT2D eigenvalue weighted by molar-refractivity contribution is -0.384. The smallest absolute Gasteiger partial charge is 0.269 e. The molecule has 0 aliphatic rings. The Balaban J connectivity index is 0.000000337. The maximum absolute atomic E-state index is 10.0. The van der Waals surface area contributed by atoms with Crippen LogP contribution in [0.3, 0.4) is 0 Å². The lowest BCUT2D eigenvalue weighted by atomic mass is 10.1. The summed E-state index contributed by atoms with van der Waals surface area (Å²) in [6.45, 7) is 8.18. The normalized spacial score (nSPS) is 10.3. The summed E-state index contributed by atoms with van der Waals surface area (Å²) in [7, 11) is 0. The molecule has 4 heteroatoms. The number of nitrogens with zero attached hydrogens (tertiary/aromatic N) is 2. The zero-order valence-corrected chi connectivity index (χ0v) is 16.8. The molecular formula is C23H34N2O2. The number of nitro groups is 1. The lowest BCUT2D eigenvalue weighted by Crippen LogP contribution is -2.25. The van der Waals surface area contributed by atoms with Gasteiger partial charge in [-0.3, -0.25) is 15.0 Å². The first-order valence-electron chi connectivity index (χ1n) is 10.1. The van der Waals surface area contributed by atoms with Gasteiger partial charge < -0.3 is 0 Å². The third-order valence-electron chi connectivity index (χ3n) is 4.37. The number of para-hydroxylation sites is 1. The van der Waals surface area contributed by atoms with Crippen molar-refractivity contribution in [2.75, 3.05) is 13.1 Å². The van der Waals surface area contributed by atoms with E-state index >= 15 is 0 Å². The number of nitro benzene ring substituents is 1. The van der Waals surface area contributed by atoms with Gasteiger partial charge in [0.25, 0.3) is 5.69 Å². The molecule has 0 amide bonds. The molecule has 27 heavy (non-hydrogen) atoms. The summed E-state index contributed by atoms with van der Waals surface area (Å²) in [5.74, 6) is 0. The summed E-state index contributed by atoms with van der Waals surface area (Å²) in [4.78, 5) is 12.2. The molecule has 0 bridgehead atoms. The summed E-state index contributed by atoms with van der Waals surface area (Å²) in [6, 6.07) is 18.8. The molecule has 0 saturated carbocycles. The molecule has 0 aliphatic carbocycles. The third-order valence-corrected chi connectivity index (χ3v) is 4.37. The molecule has 4 nitrogen and oxygen atoms in total. The molecule has 0 atom stereocenters. The largest absolute Gasteiger partial charge is 0.299 e. The highest BCUT2D eigenvalue weighted by Crippen LogP contribution is 2.09. The predicted molar refractivity (Wildman–Crippen MR) is 114 cm³/mol. The second kappa shape index (κ2) is 14.9. The first-order chi connectivity index (χ1) is 13.2. The number of unbranched alkanes of at least 4 members (excludes halogenated alkanes) is 4. The van der Waals surface area contributed by atoms with Crippen LogP contribution in [0.5, 0.6) is 0 Å². The highest BCUT2D eigenvalue weighted by atomic mass is 16.6. The summed E-state index contributed by atoms with van der Waals surface area (Å²) in [5, 5.41) is 10.0. The Labute approximate surface area is 164 Å². The quantitative estimate of drug-likeness (QED) is 0.259. The van der Waals surface area contributed by atoms with Crippen LogP contribution in [0.2, 0.25) is 0 Å². The molecule has 2 aromatic carbocycles.